The van der Waals surface area contributed by atoms with Gasteiger partial charge in [0.2, 0.25) is 0 Å². The molecule has 2 aliphatic rings. The van der Waals surface area contributed by atoms with Gasteiger partial charge in [-0.3, -0.25) is 4.90 Å². The molecule has 0 saturated carbocycles. The summed E-state index contributed by atoms with van der Waals surface area (Å²) in [5.74, 6) is 1.00. The second-order valence-corrected chi connectivity index (χ2v) is 5.98. The lowest BCUT2D eigenvalue weighted by Crippen LogP contribution is -2.48. The molecule has 3 unspecified atom stereocenters. The van der Waals surface area contributed by atoms with Crippen molar-refractivity contribution in [1.82, 2.24) is 4.90 Å². The van der Waals surface area contributed by atoms with Crippen molar-refractivity contribution in [2.75, 3.05) is 7.11 Å². The zero-order valence-electron chi connectivity index (χ0n) is 11.9. The summed E-state index contributed by atoms with van der Waals surface area (Å²) in [6.07, 6.45) is 4.90. The molecule has 0 aromatic heterocycles. The van der Waals surface area contributed by atoms with Crippen LogP contribution in [0.1, 0.15) is 44.2 Å². The van der Waals surface area contributed by atoms with Gasteiger partial charge in [0.15, 0.2) is 0 Å². The summed E-state index contributed by atoms with van der Waals surface area (Å²) in [4.78, 5) is 2.68. The van der Waals surface area contributed by atoms with Crippen LogP contribution in [0.3, 0.4) is 0 Å². The summed E-state index contributed by atoms with van der Waals surface area (Å²) in [5.41, 5.74) is 7.46. The van der Waals surface area contributed by atoms with Crippen molar-refractivity contribution in [1.29, 1.82) is 0 Å². The summed E-state index contributed by atoms with van der Waals surface area (Å²) < 4.78 is 5.52. The molecule has 0 radical (unpaired) electrons. The molecule has 2 bridgehead atoms. The zero-order valence-corrected chi connectivity index (χ0v) is 11.9. The molecule has 2 fully saturated rings. The van der Waals surface area contributed by atoms with E-state index in [1.165, 1.54) is 18.4 Å². The maximum atomic E-state index is 6.16. The molecule has 3 heteroatoms. The largest absolute Gasteiger partial charge is 0.496 e. The highest BCUT2D eigenvalue weighted by molar-refractivity contribution is 5.36. The van der Waals surface area contributed by atoms with Crippen molar-refractivity contribution in [3.05, 3.63) is 29.8 Å². The molecular weight excluding hydrogens is 236 g/mol. The minimum Gasteiger partial charge on any atom is -0.496 e. The number of para-hydroxylation sites is 1. The van der Waals surface area contributed by atoms with Gasteiger partial charge in [-0.25, -0.2) is 0 Å². The highest BCUT2D eigenvalue weighted by Crippen LogP contribution is 2.42. The number of nitrogens with two attached hydrogens (primary N) is 1. The van der Waals surface area contributed by atoms with E-state index in [4.69, 9.17) is 10.5 Å². The van der Waals surface area contributed by atoms with Crippen molar-refractivity contribution in [2.45, 2.75) is 56.8 Å². The van der Waals surface area contributed by atoms with Crippen molar-refractivity contribution >= 4 is 0 Å². The van der Waals surface area contributed by atoms with Gasteiger partial charge in [0, 0.05) is 29.7 Å². The number of benzene rings is 1. The second-order valence-electron chi connectivity index (χ2n) is 5.98. The molecule has 3 atom stereocenters. The quantitative estimate of drug-likeness (QED) is 0.908. The number of hydrogen-bond donors (Lipinski definition) is 1. The van der Waals surface area contributed by atoms with E-state index < -0.39 is 0 Å². The van der Waals surface area contributed by atoms with E-state index in [1.807, 2.05) is 6.07 Å². The lowest BCUT2D eigenvalue weighted by Gasteiger charge is -2.42. The first-order chi connectivity index (χ1) is 9.20. The molecule has 104 valence electrons. The lowest BCUT2D eigenvalue weighted by molar-refractivity contribution is 0.0841. The predicted octanol–water partition coefficient (Wildman–Crippen LogP) is 2.71. The summed E-state index contributed by atoms with van der Waals surface area (Å²) in [5, 5.41) is 0. The SMILES string of the molecule is COc1ccccc1C(C)N1C2CCC1CC(N)C2. The number of piperidine rings is 1. The van der Waals surface area contributed by atoms with Gasteiger partial charge in [0.05, 0.1) is 7.11 Å². The molecule has 2 aliphatic heterocycles. The second kappa shape index (κ2) is 5.14. The van der Waals surface area contributed by atoms with Gasteiger partial charge < -0.3 is 10.5 Å². The molecule has 3 nitrogen and oxygen atoms in total. The Kier molecular flexibility index (Phi) is 3.50. The fourth-order valence-corrected chi connectivity index (χ4v) is 4.06. The van der Waals surface area contributed by atoms with Gasteiger partial charge in [0.25, 0.3) is 0 Å². The molecule has 3 rings (SSSR count). The van der Waals surface area contributed by atoms with Crippen LogP contribution in [-0.2, 0) is 0 Å². The molecule has 1 aromatic rings. The Morgan fingerprint density at radius 1 is 1.21 bits per heavy atom. The van der Waals surface area contributed by atoms with Gasteiger partial charge in [-0.05, 0) is 38.7 Å². The molecule has 2 saturated heterocycles. The van der Waals surface area contributed by atoms with Crippen molar-refractivity contribution in [3.63, 3.8) is 0 Å². The molecule has 0 amide bonds. The van der Waals surface area contributed by atoms with E-state index in [0.717, 1.165) is 18.6 Å². The first kappa shape index (κ1) is 12.9. The molecule has 0 aliphatic carbocycles. The first-order valence-electron chi connectivity index (χ1n) is 7.36. The normalized spacial score (nSPS) is 32.3. The van der Waals surface area contributed by atoms with E-state index in [9.17, 15) is 0 Å². The van der Waals surface area contributed by atoms with E-state index in [2.05, 4.69) is 30.0 Å². The summed E-state index contributed by atoms with van der Waals surface area (Å²) in [6.45, 7) is 2.31. The summed E-state index contributed by atoms with van der Waals surface area (Å²) in [7, 11) is 1.76. The number of nitrogens with zero attached hydrogens (tertiary/aromatic N) is 1. The Hall–Kier alpha value is -1.06. The first-order valence-corrected chi connectivity index (χ1v) is 7.36. The highest BCUT2D eigenvalue weighted by Gasteiger charge is 2.42. The van der Waals surface area contributed by atoms with E-state index in [0.29, 0.717) is 24.2 Å². The maximum Gasteiger partial charge on any atom is 0.123 e. The Morgan fingerprint density at radius 2 is 1.84 bits per heavy atom. The monoisotopic (exact) mass is 260 g/mol. The van der Waals surface area contributed by atoms with Crippen molar-refractivity contribution in [3.8, 4) is 5.75 Å². The third-order valence-corrected chi connectivity index (χ3v) is 4.86. The van der Waals surface area contributed by atoms with Crippen LogP contribution in [0.5, 0.6) is 5.75 Å². The topological polar surface area (TPSA) is 38.5 Å². The smallest absolute Gasteiger partial charge is 0.123 e. The minimum atomic E-state index is 0.401. The summed E-state index contributed by atoms with van der Waals surface area (Å²) in [6, 6.07) is 10.5. The predicted molar refractivity (Wildman–Crippen MR) is 77.3 cm³/mol. The number of methoxy groups -OCH3 is 1. The fourth-order valence-electron chi connectivity index (χ4n) is 4.06. The fraction of sp³-hybridized carbons (Fsp3) is 0.625. The van der Waals surface area contributed by atoms with Crippen LogP contribution in [0.15, 0.2) is 24.3 Å². The van der Waals surface area contributed by atoms with Crippen LogP contribution in [-0.4, -0.2) is 30.1 Å². The molecular formula is C16H24N2O. The van der Waals surface area contributed by atoms with E-state index in [1.54, 1.807) is 7.11 Å². The molecule has 2 N–H and O–H groups in total. The van der Waals surface area contributed by atoms with E-state index >= 15 is 0 Å². The maximum absolute atomic E-state index is 6.16. The average Bonchev–Trinajstić information content (AvgIpc) is 2.70. The average molecular weight is 260 g/mol. The van der Waals surface area contributed by atoms with Gasteiger partial charge in [-0.15, -0.1) is 0 Å². The third-order valence-electron chi connectivity index (χ3n) is 4.86. The highest BCUT2D eigenvalue weighted by atomic mass is 16.5. The lowest BCUT2D eigenvalue weighted by atomic mass is 9.94. The molecule has 19 heavy (non-hydrogen) atoms. The van der Waals surface area contributed by atoms with Crippen LogP contribution < -0.4 is 10.5 Å². The zero-order chi connectivity index (χ0) is 13.4. The van der Waals surface area contributed by atoms with E-state index in [-0.39, 0.29) is 0 Å². The van der Waals surface area contributed by atoms with Gasteiger partial charge in [0.1, 0.15) is 5.75 Å². The minimum absolute atomic E-state index is 0.401. The van der Waals surface area contributed by atoms with Crippen LogP contribution in [0.4, 0.5) is 0 Å². The Labute approximate surface area is 115 Å². The molecule has 1 aromatic carbocycles. The third kappa shape index (κ3) is 2.26. The Morgan fingerprint density at radius 3 is 2.47 bits per heavy atom. The van der Waals surface area contributed by atoms with Crippen LogP contribution in [0, 0.1) is 0 Å². The van der Waals surface area contributed by atoms with Gasteiger partial charge in [-0.1, -0.05) is 18.2 Å². The standard InChI is InChI=1S/C16H24N2O/c1-11(15-5-3-4-6-16(15)19-2)18-13-7-8-14(18)10-12(17)9-13/h3-6,11-14H,7-10,17H2,1-2H3. The van der Waals surface area contributed by atoms with Crippen LogP contribution in [0.25, 0.3) is 0 Å². The Bertz CT molecular complexity index is 434. The number of rotatable bonds is 3. The number of hydrogen-bond acceptors (Lipinski definition) is 3. The van der Waals surface area contributed by atoms with Gasteiger partial charge >= 0.3 is 0 Å². The molecule has 2 heterocycles. The summed E-state index contributed by atoms with van der Waals surface area (Å²) >= 11 is 0. The van der Waals surface area contributed by atoms with Gasteiger partial charge in [-0.2, -0.15) is 0 Å². The van der Waals surface area contributed by atoms with Crippen LogP contribution in [0.2, 0.25) is 0 Å². The van der Waals surface area contributed by atoms with Crippen molar-refractivity contribution in [2.24, 2.45) is 5.73 Å². The van der Waals surface area contributed by atoms with Crippen molar-refractivity contribution < 1.29 is 4.74 Å². The number of fused-ring (bicyclic) bond motifs is 2. The van der Waals surface area contributed by atoms with Crippen LogP contribution >= 0.6 is 0 Å². The number of ether oxygens (including phenoxy) is 1. The molecule has 0 spiro atoms. The Balaban J connectivity index is 1.86.